The van der Waals surface area contributed by atoms with Crippen molar-refractivity contribution in [1.29, 1.82) is 0 Å². The zero-order valence-electron chi connectivity index (χ0n) is 14.2. The van der Waals surface area contributed by atoms with Gasteiger partial charge in [-0.25, -0.2) is 9.59 Å². The SMILES string of the molecule is COC(=O)c1ccc(NC(=O)N(Cc2ccccc2)C(C)C)cc1. The summed E-state index contributed by atoms with van der Waals surface area (Å²) in [5.41, 5.74) is 2.15. The lowest BCUT2D eigenvalue weighted by Gasteiger charge is -2.27. The summed E-state index contributed by atoms with van der Waals surface area (Å²) >= 11 is 0. The van der Waals surface area contributed by atoms with Gasteiger partial charge in [0.05, 0.1) is 12.7 Å². The quantitative estimate of drug-likeness (QED) is 0.847. The molecule has 0 heterocycles. The van der Waals surface area contributed by atoms with Gasteiger partial charge < -0.3 is 15.0 Å². The fourth-order valence-corrected chi connectivity index (χ4v) is 2.27. The lowest BCUT2D eigenvalue weighted by atomic mass is 10.2. The molecule has 5 nitrogen and oxygen atoms in total. The number of amides is 2. The first-order valence-electron chi connectivity index (χ1n) is 7.81. The number of urea groups is 1. The lowest BCUT2D eigenvalue weighted by Crippen LogP contribution is -2.39. The first-order chi connectivity index (χ1) is 11.5. The highest BCUT2D eigenvalue weighted by Crippen LogP contribution is 2.14. The van der Waals surface area contributed by atoms with Crippen molar-refractivity contribution in [3.05, 3.63) is 65.7 Å². The van der Waals surface area contributed by atoms with Gasteiger partial charge in [-0.3, -0.25) is 0 Å². The maximum absolute atomic E-state index is 12.6. The topological polar surface area (TPSA) is 58.6 Å². The monoisotopic (exact) mass is 326 g/mol. The van der Waals surface area contributed by atoms with Crippen molar-refractivity contribution in [2.24, 2.45) is 0 Å². The number of hydrogen-bond acceptors (Lipinski definition) is 3. The second-order valence-corrected chi connectivity index (χ2v) is 5.71. The Bertz CT molecular complexity index is 682. The Morgan fingerprint density at radius 1 is 1.04 bits per heavy atom. The third-order valence-corrected chi connectivity index (χ3v) is 3.64. The van der Waals surface area contributed by atoms with E-state index >= 15 is 0 Å². The Hall–Kier alpha value is -2.82. The molecule has 0 aliphatic carbocycles. The van der Waals surface area contributed by atoms with Crippen LogP contribution in [0.1, 0.15) is 29.8 Å². The average Bonchev–Trinajstić information content (AvgIpc) is 2.60. The molecule has 2 aromatic rings. The summed E-state index contributed by atoms with van der Waals surface area (Å²) in [6, 6.07) is 16.3. The van der Waals surface area contributed by atoms with Crippen LogP contribution in [0.3, 0.4) is 0 Å². The maximum Gasteiger partial charge on any atom is 0.337 e. The summed E-state index contributed by atoms with van der Waals surface area (Å²) in [4.78, 5) is 25.7. The van der Waals surface area contributed by atoms with E-state index in [-0.39, 0.29) is 12.1 Å². The molecule has 0 radical (unpaired) electrons. The number of nitrogens with one attached hydrogen (secondary N) is 1. The van der Waals surface area contributed by atoms with Crippen molar-refractivity contribution in [1.82, 2.24) is 4.90 Å². The number of benzene rings is 2. The van der Waals surface area contributed by atoms with Gasteiger partial charge in [0.25, 0.3) is 0 Å². The number of anilines is 1. The van der Waals surface area contributed by atoms with Crippen molar-refractivity contribution < 1.29 is 14.3 Å². The van der Waals surface area contributed by atoms with E-state index in [2.05, 4.69) is 10.1 Å². The van der Waals surface area contributed by atoms with Crippen LogP contribution >= 0.6 is 0 Å². The molecule has 2 amide bonds. The highest BCUT2D eigenvalue weighted by atomic mass is 16.5. The predicted molar refractivity (Wildman–Crippen MR) is 93.9 cm³/mol. The van der Waals surface area contributed by atoms with E-state index < -0.39 is 5.97 Å². The highest BCUT2D eigenvalue weighted by Gasteiger charge is 2.17. The molecule has 1 N–H and O–H groups in total. The van der Waals surface area contributed by atoms with Gasteiger partial charge in [0.1, 0.15) is 0 Å². The van der Waals surface area contributed by atoms with Crippen LogP contribution in [0.4, 0.5) is 10.5 Å². The van der Waals surface area contributed by atoms with Crippen molar-refractivity contribution in [2.75, 3.05) is 12.4 Å². The number of carbonyl (C=O) groups is 2. The summed E-state index contributed by atoms with van der Waals surface area (Å²) in [5.74, 6) is -0.402. The number of ether oxygens (including phenoxy) is 1. The summed E-state index contributed by atoms with van der Waals surface area (Å²) in [5, 5.41) is 2.86. The number of carbonyl (C=O) groups excluding carboxylic acids is 2. The number of esters is 1. The molecule has 126 valence electrons. The molecule has 0 fully saturated rings. The molecular weight excluding hydrogens is 304 g/mol. The zero-order chi connectivity index (χ0) is 17.5. The lowest BCUT2D eigenvalue weighted by molar-refractivity contribution is 0.0600. The van der Waals surface area contributed by atoms with Gasteiger partial charge >= 0.3 is 12.0 Å². The Balaban J connectivity index is 2.06. The van der Waals surface area contributed by atoms with Gasteiger partial charge in [0.15, 0.2) is 0 Å². The molecule has 5 heteroatoms. The fraction of sp³-hybridized carbons (Fsp3) is 0.263. The first-order valence-corrected chi connectivity index (χ1v) is 7.81. The van der Waals surface area contributed by atoms with E-state index in [9.17, 15) is 9.59 Å². The van der Waals surface area contributed by atoms with Gasteiger partial charge in [0, 0.05) is 18.3 Å². The Kier molecular flexibility index (Phi) is 5.95. The highest BCUT2D eigenvalue weighted by molar-refractivity contribution is 5.92. The molecule has 24 heavy (non-hydrogen) atoms. The van der Waals surface area contributed by atoms with Crippen LogP contribution in [0.25, 0.3) is 0 Å². The van der Waals surface area contributed by atoms with Crippen LogP contribution in [-0.4, -0.2) is 30.1 Å². The van der Waals surface area contributed by atoms with Crippen molar-refractivity contribution in [3.8, 4) is 0 Å². The van der Waals surface area contributed by atoms with Crippen molar-refractivity contribution >= 4 is 17.7 Å². The van der Waals surface area contributed by atoms with E-state index in [1.54, 1.807) is 29.2 Å². The van der Waals surface area contributed by atoms with Crippen LogP contribution in [-0.2, 0) is 11.3 Å². The number of hydrogen-bond donors (Lipinski definition) is 1. The van der Waals surface area contributed by atoms with Crippen LogP contribution < -0.4 is 5.32 Å². The largest absolute Gasteiger partial charge is 0.465 e. The molecule has 0 atom stereocenters. The second-order valence-electron chi connectivity index (χ2n) is 5.71. The molecule has 0 spiro atoms. The molecule has 0 unspecified atom stereocenters. The molecular formula is C19H22N2O3. The molecule has 2 rings (SSSR count). The van der Waals surface area contributed by atoms with E-state index in [0.717, 1.165) is 5.56 Å². The smallest absolute Gasteiger partial charge is 0.337 e. The summed E-state index contributed by atoms with van der Waals surface area (Å²) < 4.78 is 4.66. The first kappa shape index (κ1) is 17.5. The van der Waals surface area contributed by atoms with E-state index in [1.807, 2.05) is 44.2 Å². The Labute approximate surface area is 142 Å². The van der Waals surface area contributed by atoms with Gasteiger partial charge in [-0.1, -0.05) is 30.3 Å². The van der Waals surface area contributed by atoms with Crippen LogP contribution in [0.2, 0.25) is 0 Å². The molecule has 0 aliphatic rings. The van der Waals surface area contributed by atoms with Gasteiger partial charge in [-0.2, -0.15) is 0 Å². The molecule has 0 saturated heterocycles. The predicted octanol–water partition coefficient (Wildman–Crippen LogP) is 3.92. The second kappa shape index (κ2) is 8.15. The number of nitrogens with zero attached hydrogens (tertiary/aromatic N) is 1. The van der Waals surface area contributed by atoms with Crippen LogP contribution in [0.5, 0.6) is 0 Å². The third-order valence-electron chi connectivity index (χ3n) is 3.64. The Morgan fingerprint density at radius 3 is 2.21 bits per heavy atom. The van der Waals surface area contributed by atoms with E-state index in [4.69, 9.17) is 0 Å². The minimum absolute atomic E-state index is 0.0551. The third kappa shape index (κ3) is 4.59. The van der Waals surface area contributed by atoms with E-state index in [0.29, 0.717) is 17.8 Å². The standard InChI is InChI=1S/C19H22N2O3/c1-14(2)21(13-15-7-5-4-6-8-15)19(23)20-17-11-9-16(10-12-17)18(22)24-3/h4-12,14H,13H2,1-3H3,(H,20,23). The maximum atomic E-state index is 12.6. The minimum Gasteiger partial charge on any atom is -0.465 e. The van der Waals surface area contributed by atoms with E-state index in [1.165, 1.54) is 7.11 Å². The molecule has 2 aromatic carbocycles. The van der Waals surface area contributed by atoms with Crippen LogP contribution in [0, 0.1) is 0 Å². The minimum atomic E-state index is -0.402. The fourth-order valence-electron chi connectivity index (χ4n) is 2.27. The Morgan fingerprint density at radius 2 is 1.67 bits per heavy atom. The molecule has 0 bridgehead atoms. The van der Waals surface area contributed by atoms with Crippen molar-refractivity contribution in [3.63, 3.8) is 0 Å². The average molecular weight is 326 g/mol. The normalized spacial score (nSPS) is 10.3. The van der Waals surface area contributed by atoms with Gasteiger partial charge in [-0.05, 0) is 43.7 Å². The van der Waals surface area contributed by atoms with Gasteiger partial charge in [-0.15, -0.1) is 0 Å². The zero-order valence-corrected chi connectivity index (χ0v) is 14.2. The van der Waals surface area contributed by atoms with Crippen molar-refractivity contribution in [2.45, 2.75) is 26.4 Å². The molecule has 0 aliphatic heterocycles. The van der Waals surface area contributed by atoms with Crippen LogP contribution in [0.15, 0.2) is 54.6 Å². The summed E-state index contributed by atoms with van der Waals surface area (Å²) in [6.07, 6.45) is 0. The van der Waals surface area contributed by atoms with Gasteiger partial charge in [0.2, 0.25) is 0 Å². The summed E-state index contributed by atoms with van der Waals surface area (Å²) in [7, 11) is 1.34. The molecule has 0 aromatic heterocycles. The molecule has 0 saturated carbocycles. The number of methoxy groups -OCH3 is 1. The number of rotatable bonds is 5. The summed E-state index contributed by atoms with van der Waals surface area (Å²) in [6.45, 7) is 4.48.